The lowest BCUT2D eigenvalue weighted by Gasteiger charge is -2.10. The second kappa shape index (κ2) is 9.51. The Labute approximate surface area is 196 Å². The number of aryl methyl sites for hydroxylation is 1. The van der Waals surface area contributed by atoms with E-state index in [1.165, 1.54) is 11.3 Å². The molecule has 0 unspecified atom stereocenters. The summed E-state index contributed by atoms with van der Waals surface area (Å²) in [5.74, 6) is -1.76. The smallest absolute Gasteiger partial charge is 0.321 e. The number of carbonyl (C=O) groups is 2. The molecule has 0 saturated carbocycles. The lowest BCUT2D eigenvalue weighted by Crippen LogP contribution is -2.28. The summed E-state index contributed by atoms with van der Waals surface area (Å²) in [5, 5.41) is 8.68. The monoisotopic (exact) mass is 486 g/mol. The Morgan fingerprint density at radius 2 is 1.79 bits per heavy atom. The van der Waals surface area contributed by atoms with Crippen molar-refractivity contribution < 1.29 is 18.4 Å². The molecule has 0 aliphatic heterocycles. The number of carbonyl (C=O) groups excluding carboxylic acids is 2. The van der Waals surface area contributed by atoms with Crippen LogP contribution in [0.2, 0.25) is 5.02 Å². The van der Waals surface area contributed by atoms with Crippen LogP contribution in [-0.2, 0) is 6.54 Å². The van der Waals surface area contributed by atoms with E-state index in [2.05, 4.69) is 20.9 Å². The van der Waals surface area contributed by atoms with Crippen molar-refractivity contribution >= 4 is 55.9 Å². The number of thiazole rings is 1. The fraction of sp³-hybridized carbons (Fsp3) is 0.0870. The van der Waals surface area contributed by atoms with Gasteiger partial charge in [-0.25, -0.2) is 18.6 Å². The van der Waals surface area contributed by atoms with Crippen LogP contribution < -0.4 is 16.0 Å². The first kappa shape index (κ1) is 22.6. The van der Waals surface area contributed by atoms with E-state index in [1.807, 2.05) is 13.0 Å². The fourth-order valence-corrected chi connectivity index (χ4v) is 4.30. The number of hydrogen-bond acceptors (Lipinski definition) is 4. The molecule has 0 aliphatic carbocycles. The summed E-state index contributed by atoms with van der Waals surface area (Å²) < 4.78 is 27.2. The number of nitrogens with zero attached hydrogens (tertiary/aromatic N) is 1. The second-order valence-electron chi connectivity index (χ2n) is 7.17. The molecule has 10 heteroatoms. The molecule has 6 nitrogen and oxygen atoms in total. The highest BCUT2D eigenvalue weighted by atomic mass is 35.5. The lowest BCUT2D eigenvalue weighted by molar-refractivity contribution is 0.102. The Hall–Kier alpha value is -3.56. The Morgan fingerprint density at radius 1 is 1.03 bits per heavy atom. The summed E-state index contributed by atoms with van der Waals surface area (Å²) in [7, 11) is 0. The molecule has 4 rings (SSSR count). The van der Waals surface area contributed by atoms with Crippen LogP contribution in [0.4, 0.5) is 24.4 Å². The third-order valence-electron chi connectivity index (χ3n) is 4.71. The largest absolute Gasteiger partial charge is 0.334 e. The zero-order valence-electron chi connectivity index (χ0n) is 17.2. The maximum atomic E-state index is 13.3. The molecule has 4 aromatic rings. The van der Waals surface area contributed by atoms with Gasteiger partial charge in [0, 0.05) is 18.2 Å². The normalized spacial score (nSPS) is 10.8. The number of aromatic nitrogens is 1. The minimum Gasteiger partial charge on any atom is -0.334 e. The van der Waals surface area contributed by atoms with Gasteiger partial charge in [-0.3, -0.25) is 10.1 Å². The van der Waals surface area contributed by atoms with E-state index in [0.717, 1.165) is 23.8 Å². The summed E-state index contributed by atoms with van der Waals surface area (Å²) in [6, 6.07) is 12.8. The van der Waals surface area contributed by atoms with Gasteiger partial charge in [-0.15, -0.1) is 0 Å². The number of fused-ring (bicyclic) bond motifs is 1. The Morgan fingerprint density at radius 3 is 2.52 bits per heavy atom. The SMILES string of the molecule is Cc1cccc(Cl)c1NC(=O)c1ccc2nc(NC(=O)NCc3cc(F)cc(F)c3)sc2c1. The van der Waals surface area contributed by atoms with Gasteiger partial charge in [-0.2, -0.15) is 0 Å². The van der Waals surface area contributed by atoms with Crippen molar-refractivity contribution in [3.63, 3.8) is 0 Å². The summed E-state index contributed by atoms with van der Waals surface area (Å²) in [5.41, 5.74) is 2.69. The quantitative estimate of drug-likeness (QED) is 0.318. The van der Waals surface area contributed by atoms with Gasteiger partial charge in [0.05, 0.1) is 20.9 Å². The van der Waals surface area contributed by atoms with Gasteiger partial charge in [0.15, 0.2) is 5.13 Å². The second-order valence-corrected chi connectivity index (χ2v) is 8.61. The van der Waals surface area contributed by atoms with Gasteiger partial charge >= 0.3 is 6.03 Å². The van der Waals surface area contributed by atoms with Crippen molar-refractivity contribution in [1.82, 2.24) is 10.3 Å². The van der Waals surface area contributed by atoms with Gasteiger partial charge in [0.1, 0.15) is 11.6 Å². The highest BCUT2D eigenvalue weighted by Gasteiger charge is 2.14. The van der Waals surface area contributed by atoms with Crippen LogP contribution in [0.15, 0.2) is 54.6 Å². The molecule has 3 amide bonds. The first-order valence-electron chi connectivity index (χ1n) is 9.75. The average molecular weight is 487 g/mol. The maximum absolute atomic E-state index is 13.3. The summed E-state index contributed by atoms with van der Waals surface area (Å²) in [6.45, 7) is 1.79. The van der Waals surface area contributed by atoms with Crippen LogP contribution in [0.3, 0.4) is 0 Å². The van der Waals surface area contributed by atoms with Gasteiger partial charge in [-0.1, -0.05) is 35.1 Å². The number of para-hydroxylation sites is 1. The highest BCUT2D eigenvalue weighted by molar-refractivity contribution is 7.22. The van der Waals surface area contributed by atoms with E-state index in [0.29, 0.717) is 31.6 Å². The van der Waals surface area contributed by atoms with E-state index in [1.54, 1.807) is 30.3 Å². The topological polar surface area (TPSA) is 83.1 Å². The van der Waals surface area contributed by atoms with Gasteiger partial charge < -0.3 is 10.6 Å². The van der Waals surface area contributed by atoms with Gasteiger partial charge in [0.25, 0.3) is 5.91 Å². The standard InChI is InChI=1S/C23H17ClF2N4O2S/c1-12-3-2-4-17(24)20(12)29-21(31)14-5-6-18-19(9-14)33-23(28-18)30-22(32)27-11-13-7-15(25)10-16(26)8-13/h2-10H,11H2,1H3,(H,29,31)(H2,27,28,30,32). The number of amides is 3. The molecule has 0 radical (unpaired) electrons. The van der Waals surface area contributed by atoms with Crippen molar-refractivity contribution in [3.8, 4) is 0 Å². The molecule has 0 atom stereocenters. The predicted molar refractivity (Wildman–Crippen MR) is 126 cm³/mol. The number of rotatable bonds is 5. The average Bonchev–Trinajstić information content (AvgIpc) is 3.15. The van der Waals surface area contributed by atoms with Crippen LogP contribution in [0.25, 0.3) is 10.2 Å². The Bertz CT molecular complexity index is 1340. The Balaban J connectivity index is 1.43. The molecule has 0 saturated heterocycles. The third-order valence-corrected chi connectivity index (χ3v) is 5.96. The van der Waals surface area contributed by atoms with E-state index < -0.39 is 17.7 Å². The molecule has 0 spiro atoms. The molecule has 0 fully saturated rings. The fourth-order valence-electron chi connectivity index (χ4n) is 3.13. The maximum Gasteiger partial charge on any atom is 0.321 e. The summed E-state index contributed by atoms with van der Waals surface area (Å²) in [6.07, 6.45) is 0. The third kappa shape index (κ3) is 5.44. The highest BCUT2D eigenvalue weighted by Crippen LogP contribution is 2.29. The molecule has 0 aliphatic rings. The van der Waals surface area contributed by atoms with Crippen molar-refractivity contribution in [2.24, 2.45) is 0 Å². The van der Waals surface area contributed by atoms with Crippen LogP contribution in [-0.4, -0.2) is 16.9 Å². The number of hydrogen-bond donors (Lipinski definition) is 3. The zero-order chi connectivity index (χ0) is 23.5. The molecule has 0 bridgehead atoms. The number of halogens is 3. The van der Waals surface area contributed by atoms with E-state index in [9.17, 15) is 18.4 Å². The van der Waals surface area contributed by atoms with E-state index in [4.69, 9.17) is 11.6 Å². The first-order chi connectivity index (χ1) is 15.8. The summed E-state index contributed by atoms with van der Waals surface area (Å²) >= 11 is 7.37. The first-order valence-corrected chi connectivity index (χ1v) is 10.9. The van der Waals surface area contributed by atoms with Crippen LogP contribution in [0.5, 0.6) is 0 Å². The number of nitrogens with one attached hydrogen (secondary N) is 3. The Kier molecular flexibility index (Phi) is 6.52. The number of urea groups is 1. The molecule has 3 aromatic carbocycles. The number of anilines is 2. The van der Waals surface area contributed by atoms with Crippen LogP contribution in [0, 0.1) is 18.6 Å². The number of benzene rings is 3. The molecule has 33 heavy (non-hydrogen) atoms. The zero-order valence-corrected chi connectivity index (χ0v) is 18.8. The van der Waals surface area contributed by atoms with Crippen LogP contribution >= 0.6 is 22.9 Å². The molecular formula is C23H17ClF2N4O2S. The molecule has 1 aromatic heterocycles. The minimum absolute atomic E-state index is 0.0583. The van der Waals surface area contributed by atoms with Gasteiger partial charge in [0.2, 0.25) is 0 Å². The molecule has 1 heterocycles. The molecular weight excluding hydrogens is 470 g/mol. The predicted octanol–water partition coefficient (Wildman–Crippen LogP) is 6.11. The van der Waals surface area contributed by atoms with Crippen molar-refractivity contribution in [3.05, 3.63) is 87.9 Å². The van der Waals surface area contributed by atoms with E-state index >= 15 is 0 Å². The van der Waals surface area contributed by atoms with E-state index in [-0.39, 0.29) is 18.0 Å². The van der Waals surface area contributed by atoms with Crippen molar-refractivity contribution in [1.29, 1.82) is 0 Å². The molecule has 168 valence electrons. The van der Waals surface area contributed by atoms with Crippen LogP contribution in [0.1, 0.15) is 21.5 Å². The van der Waals surface area contributed by atoms with Crippen molar-refractivity contribution in [2.45, 2.75) is 13.5 Å². The lowest BCUT2D eigenvalue weighted by atomic mass is 10.1. The van der Waals surface area contributed by atoms with Crippen molar-refractivity contribution in [2.75, 3.05) is 10.6 Å². The molecule has 3 N–H and O–H groups in total. The van der Waals surface area contributed by atoms with Gasteiger partial charge in [-0.05, 0) is 54.4 Å². The summed E-state index contributed by atoms with van der Waals surface area (Å²) in [4.78, 5) is 29.2. The minimum atomic E-state index is -0.720.